The fourth-order valence-corrected chi connectivity index (χ4v) is 5.90. The number of benzene rings is 3. The van der Waals surface area contributed by atoms with Gasteiger partial charge < -0.3 is 20.6 Å². The van der Waals surface area contributed by atoms with E-state index in [2.05, 4.69) is 10.6 Å². The number of aryl methyl sites for hydroxylation is 2. The number of carbonyl (C=O) groups is 3. The molecule has 204 valence electrons. The molecule has 3 aromatic rings. The van der Waals surface area contributed by atoms with Crippen molar-refractivity contribution in [1.82, 2.24) is 15.5 Å². The number of hydrogen-bond donors (Lipinski definition) is 3. The fourth-order valence-electron chi connectivity index (χ4n) is 4.76. The fraction of sp³-hybridized carbons (Fsp3) is 0.323. The lowest BCUT2D eigenvalue weighted by atomic mass is 9.99. The van der Waals surface area contributed by atoms with Crippen LogP contribution >= 0.6 is 11.8 Å². The van der Waals surface area contributed by atoms with Gasteiger partial charge in [0.25, 0.3) is 11.8 Å². The van der Waals surface area contributed by atoms with Crippen molar-refractivity contribution >= 4 is 29.5 Å². The number of rotatable bonds is 9. The van der Waals surface area contributed by atoms with E-state index in [9.17, 15) is 19.5 Å². The lowest BCUT2D eigenvalue weighted by molar-refractivity contribution is -0.146. The molecule has 4 rings (SSSR count). The first kappa shape index (κ1) is 28.4. The van der Waals surface area contributed by atoms with Crippen molar-refractivity contribution in [3.8, 4) is 0 Å². The summed E-state index contributed by atoms with van der Waals surface area (Å²) in [6.45, 7) is 6.14. The smallest absolute Gasteiger partial charge is 0.254 e. The minimum absolute atomic E-state index is 0.146. The summed E-state index contributed by atoms with van der Waals surface area (Å²) < 4.78 is 0. The summed E-state index contributed by atoms with van der Waals surface area (Å²) in [6, 6.07) is 22.7. The monoisotopic (exact) mass is 545 g/mol. The molecule has 3 N–H and O–H groups in total. The average molecular weight is 546 g/mol. The number of carbonyl (C=O) groups excluding carboxylic acids is 3. The third-order valence-electron chi connectivity index (χ3n) is 7.05. The van der Waals surface area contributed by atoms with Crippen molar-refractivity contribution in [1.29, 1.82) is 0 Å². The van der Waals surface area contributed by atoms with E-state index in [1.165, 1.54) is 16.7 Å². The Morgan fingerprint density at radius 2 is 1.72 bits per heavy atom. The Morgan fingerprint density at radius 3 is 2.44 bits per heavy atom. The van der Waals surface area contributed by atoms with Crippen LogP contribution < -0.4 is 10.6 Å². The Hall–Kier alpha value is -3.62. The molecule has 0 aliphatic carbocycles. The van der Waals surface area contributed by atoms with E-state index in [4.69, 9.17) is 0 Å². The molecule has 1 fully saturated rings. The van der Waals surface area contributed by atoms with Gasteiger partial charge in [0.2, 0.25) is 5.91 Å². The topological polar surface area (TPSA) is 98.7 Å². The first-order chi connectivity index (χ1) is 18.7. The van der Waals surface area contributed by atoms with Crippen LogP contribution in [0.4, 0.5) is 0 Å². The highest BCUT2D eigenvalue weighted by Crippen LogP contribution is 2.30. The molecule has 8 heteroatoms. The van der Waals surface area contributed by atoms with Crippen LogP contribution in [-0.4, -0.2) is 57.0 Å². The van der Waals surface area contributed by atoms with E-state index in [0.717, 1.165) is 22.3 Å². The van der Waals surface area contributed by atoms with Gasteiger partial charge in [-0.2, -0.15) is 0 Å². The van der Waals surface area contributed by atoms with Crippen LogP contribution in [0, 0.1) is 13.8 Å². The van der Waals surface area contributed by atoms with Crippen LogP contribution in [0.2, 0.25) is 0 Å². The van der Waals surface area contributed by atoms with E-state index in [0.29, 0.717) is 12.1 Å². The quantitative estimate of drug-likeness (QED) is 0.382. The minimum Gasteiger partial charge on any atom is -0.381 e. The van der Waals surface area contributed by atoms with E-state index in [1.807, 2.05) is 81.4 Å². The highest BCUT2D eigenvalue weighted by Gasteiger charge is 2.43. The number of amides is 3. The maximum Gasteiger partial charge on any atom is 0.254 e. The molecule has 3 amide bonds. The summed E-state index contributed by atoms with van der Waals surface area (Å²) >= 11 is 1.49. The molecule has 0 spiro atoms. The molecule has 0 radical (unpaired) electrons. The largest absolute Gasteiger partial charge is 0.381 e. The highest BCUT2D eigenvalue weighted by molar-refractivity contribution is 8.00. The van der Waals surface area contributed by atoms with Crippen LogP contribution in [0.15, 0.2) is 78.9 Å². The first-order valence-electron chi connectivity index (χ1n) is 13.1. The third kappa shape index (κ3) is 7.07. The molecule has 2 unspecified atom stereocenters. The van der Waals surface area contributed by atoms with Gasteiger partial charge in [-0.05, 0) is 49.1 Å². The van der Waals surface area contributed by atoms with Gasteiger partial charge in [0.1, 0.15) is 6.04 Å². The van der Waals surface area contributed by atoms with Crippen LogP contribution in [0.1, 0.15) is 39.5 Å². The molecule has 0 bridgehead atoms. The Morgan fingerprint density at radius 1 is 1.00 bits per heavy atom. The molecule has 1 aliphatic rings. The predicted octanol–water partition coefficient (Wildman–Crippen LogP) is 3.61. The Bertz CT molecular complexity index is 1320. The zero-order valence-electron chi connectivity index (χ0n) is 22.5. The van der Waals surface area contributed by atoms with Gasteiger partial charge in [0, 0.05) is 17.4 Å². The molecular formula is C31H35N3O4S. The average Bonchev–Trinajstić information content (AvgIpc) is 3.33. The molecule has 0 aromatic heterocycles. The lowest BCUT2D eigenvalue weighted by Crippen LogP contribution is -2.57. The van der Waals surface area contributed by atoms with Gasteiger partial charge in [0.15, 0.2) is 6.10 Å². The number of aliphatic hydroxyl groups is 1. The van der Waals surface area contributed by atoms with Gasteiger partial charge in [-0.25, -0.2) is 0 Å². The maximum atomic E-state index is 13.7. The van der Waals surface area contributed by atoms with E-state index in [1.54, 1.807) is 18.2 Å². The Kier molecular flexibility index (Phi) is 9.43. The van der Waals surface area contributed by atoms with E-state index < -0.39 is 24.1 Å². The molecule has 1 saturated heterocycles. The normalized spacial score (nSPS) is 18.3. The number of nitrogens with zero attached hydrogens (tertiary/aromatic N) is 1. The summed E-state index contributed by atoms with van der Waals surface area (Å²) in [5.41, 5.74) is 4.33. The van der Waals surface area contributed by atoms with Gasteiger partial charge >= 0.3 is 0 Å². The maximum absolute atomic E-state index is 13.7. The number of aliphatic hydroxyl groups excluding tert-OH is 1. The lowest BCUT2D eigenvalue weighted by Gasteiger charge is -2.30. The van der Waals surface area contributed by atoms with Crippen molar-refractivity contribution < 1.29 is 19.5 Å². The second-order valence-corrected chi connectivity index (χ2v) is 11.3. The molecule has 3 aromatic carbocycles. The zero-order valence-corrected chi connectivity index (χ0v) is 23.3. The van der Waals surface area contributed by atoms with Crippen LogP contribution in [-0.2, 0) is 22.6 Å². The molecule has 1 aliphatic heterocycles. The van der Waals surface area contributed by atoms with Crippen molar-refractivity contribution in [3.63, 3.8) is 0 Å². The van der Waals surface area contributed by atoms with Gasteiger partial charge in [-0.15, -0.1) is 11.8 Å². The van der Waals surface area contributed by atoms with Crippen molar-refractivity contribution in [2.24, 2.45) is 0 Å². The molecule has 39 heavy (non-hydrogen) atoms. The SMILES string of the molecule is Cc1cccc(C(=O)NC(Cc2ccccc2)[C@H](O)C(=O)N2CSC(C)[C@H]2C(=O)NCc2ccccc2C)c1. The van der Waals surface area contributed by atoms with Crippen molar-refractivity contribution in [3.05, 3.63) is 107 Å². The third-order valence-corrected chi connectivity index (χ3v) is 8.26. The first-order valence-corrected chi connectivity index (χ1v) is 14.1. The standard InChI is InChI=1S/C31H35N3O4S/c1-20-10-9-15-24(16-20)29(36)33-26(17-23-12-5-4-6-13-23)28(35)31(38)34-19-39-22(3)27(34)30(37)32-18-25-14-8-7-11-21(25)2/h4-16,22,26-28,35H,17-19H2,1-3H3,(H,32,37)(H,33,36)/t22?,26?,27-,28-/m0/s1. The van der Waals surface area contributed by atoms with Crippen molar-refractivity contribution in [2.45, 2.75) is 57.2 Å². The second kappa shape index (κ2) is 13.0. The number of nitrogens with one attached hydrogen (secondary N) is 2. The number of thioether (sulfide) groups is 1. The second-order valence-electron chi connectivity index (χ2n) is 9.98. The van der Waals surface area contributed by atoms with Crippen molar-refractivity contribution in [2.75, 3.05) is 5.88 Å². The minimum atomic E-state index is -1.53. The van der Waals surface area contributed by atoms with Gasteiger partial charge in [0.05, 0.1) is 11.9 Å². The summed E-state index contributed by atoms with van der Waals surface area (Å²) in [5, 5.41) is 17.0. The summed E-state index contributed by atoms with van der Waals surface area (Å²) in [5.74, 6) is -0.931. The zero-order chi connectivity index (χ0) is 27.9. The summed E-state index contributed by atoms with van der Waals surface area (Å²) in [7, 11) is 0. The predicted molar refractivity (Wildman–Crippen MR) is 154 cm³/mol. The highest BCUT2D eigenvalue weighted by atomic mass is 32.2. The van der Waals surface area contributed by atoms with E-state index >= 15 is 0 Å². The Balaban J connectivity index is 1.51. The molecule has 0 saturated carbocycles. The van der Waals surface area contributed by atoms with Crippen LogP contribution in [0.5, 0.6) is 0 Å². The van der Waals surface area contributed by atoms with Crippen LogP contribution in [0.3, 0.4) is 0 Å². The molecular weight excluding hydrogens is 510 g/mol. The number of hydrogen-bond acceptors (Lipinski definition) is 5. The molecule has 7 nitrogen and oxygen atoms in total. The van der Waals surface area contributed by atoms with Gasteiger partial charge in [-0.3, -0.25) is 14.4 Å². The summed E-state index contributed by atoms with van der Waals surface area (Å²) in [4.78, 5) is 41.5. The van der Waals surface area contributed by atoms with Gasteiger partial charge in [-0.1, -0.05) is 79.2 Å². The summed E-state index contributed by atoms with van der Waals surface area (Å²) in [6.07, 6.45) is -1.28. The van der Waals surface area contributed by atoms with E-state index in [-0.39, 0.29) is 29.4 Å². The Labute approximate surface area is 234 Å². The molecule has 1 heterocycles. The molecule has 4 atom stereocenters. The van der Waals surface area contributed by atoms with Crippen LogP contribution in [0.25, 0.3) is 0 Å².